The second-order valence-electron chi connectivity index (χ2n) is 5.86. The first kappa shape index (κ1) is 15.3. The highest BCUT2D eigenvalue weighted by Crippen LogP contribution is 2.21. The van der Waals surface area contributed by atoms with Crippen molar-refractivity contribution in [2.45, 2.75) is 40.2 Å². The van der Waals surface area contributed by atoms with E-state index in [1.54, 1.807) is 17.1 Å². The molecule has 0 saturated carbocycles. The largest absolute Gasteiger partial charge is 0.307 e. The van der Waals surface area contributed by atoms with E-state index >= 15 is 0 Å². The number of amides is 1. The van der Waals surface area contributed by atoms with Crippen molar-refractivity contribution in [2.75, 3.05) is 5.32 Å². The summed E-state index contributed by atoms with van der Waals surface area (Å²) in [6.45, 7) is 8.34. The number of nitrogens with one attached hydrogen (secondary N) is 1. The number of aryl methyl sites for hydroxylation is 1. The topological polar surface area (TPSA) is 64.7 Å². The van der Waals surface area contributed by atoms with Crippen LogP contribution in [0.5, 0.6) is 0 Å². The number of carbonyl (C=O) groups is 1. The summed E-state index contributed by atoms with van der Waals surface area (Å²) in [5.74, 6) is 1.14. The highest BCUT2D eigenvalue weighted by atomic mass is 16.1. The third kappa shape index (κ3) is 3.32. The molecule has 2 heterocycles. The lowest BCUT2D eigenvalue weighted by atomic mass is 10.1. The van der Waals surface area contributed by atoms with Crippen molar-refractivity contribution in [1.29, 1.82) is 0 Å². The second-order valence-corrected chi connectivity index (χ2v) is 5.86. The average Bonchev–Trinajstić information content (AvgIpc) is 2.97. The van der Waals surface area contributed by atoms with E-state index in [2.05, 4.69) is 36.3 Å². The van der Waals surface area contributed by atoms with Gasteiger partial charge < -0.3 is 5.32 Å². The Hall–Kier alpha value is -2.11. The lowest BCUT2D eigenvalue weighted by Gasteiger charge is -2.17. The number of hydrogen-bond acceptors (Lipinski definition) is 3. The molecule has 0 saturated heterocycles. The summed E-state index contributed by atoms with van der Waals surface area (Å²) in [6, 6.07) is 2.06. The highest BCUT2D eigenvalue weighted by molar-refractivity contribution is 6.04. The minimum Gasteiger partial charge on any atom is -0.307 e. The molecule has 1 unspecified atom stereocenters. The van der Waals surface area contributed by atoms with Crippen molar-refractivity contribution in [3.63, 3.8) is 0 Å². The molecule has 2 rings (SSSR count). The minimum atomic E-state index is -0.154. The van der Waals surface area contributed by atoms with Crippen LogP contribution in [-0.2, 0) is 7.05 Å². The van der Waals surface area contributed by atoms with Gasteiger partial charge in [0, 0.05) is 18.8 Å². The summed E-state index contributed by atoms with van der Waals surface area (Å²) in [6.07, 6.45) is 4.31. The van der Waals surface area contributed by atoms with Crippen LogP contribution in [0.3, 0.4) is 0 Å². The number of hydrogen-bond donors (Lipinski definition) is 1. The molecule has 0 aliphatic carbocycles. The van der Waals surface area contributed by atoms with Gasteiger partial charge >= 0.3 is 0 Å². The van der Waals surface area contributed by atoms with Gasteiger partial charge in [0.05, 0.1) is 24.0 Å². The molecule has 0 bridgehead atoms. The maximum absolute atomic E-state index is 12.3. The zero-order valence-corrected chi connectivity index (χ0v) is 13.3. The van der Waals surface area contributed by atoms with Crippen molar-refractivity contribution in [1.82, 2.24) is 19.6 Å². The van der Waals surface area contributed by atoms with Crippen LogP contribution in [0, 0.1) is 12.8 Å². The van der Waals surface area contributed by atoms with Gasteiger partial charge in [0.15, 0.2) is 0 Å². The molecule has 0 fully saturated rings. The first-order valence-corrected chi connectivity index (χ1v) is 7.23. The van der Waals surface area contributed by atoms with Crippen LogP contribution in [-0.4, -0.2) is 25.5 Å². The van der Waals surface area contributed by atoms with Crippen LogP contribution in [0.4, 0.5) is 5.82 Å². The second kappa shape index (κ2) is 6.11. The van der Waals surface area contributed by atoms with Gasteiger partial charge in [-0.05, 0) is 26.2 Å². The van der Waals surface area contributed by atoms with Crippen LogP contribution >= 0.6 is 0 Å². The van der Waals surface area contributed by atoms with Crippen LogP contribution in [0.15, 0.2) is 18.5 Å². The Morgan fingerprint density at radius 1 is 1.33 bits per heavy atom. The van der Waals surface area contributed by atoms with E-state index < -0.39 is 0 Å². The van der Waals surface area contributed by atoms with Crippen molar-refractivity contribution in [3.8, 4) is 0 Å². The van der Waals surface area contributed by atoms with Crippen LogP contribution in [0.1, 0.15) is 49.3 Å². The van der Waals surface area contributed by atoms with Gasteiger partial charge in [-0.3, -0.25) is 9.48 Å². The smallest absolute Gasteiger partial charge is 0.260 e. The van der Waals surface area contributed by atoms with Crippen LogP contribution in [0.2, 0.25) is 0 Å². The Labute approximate surface area is 125 Å². The van der Waals surface area contributed by atoms with Crippen molar-refractivity contribution >= 4 is 11.7 Å². The molecule has 0 spiro atoms. The molecule has 0 aliphatic heterocycles. The summed E-state index contributed by atoms with van der Waals surface area (Å²) in [7, 11) is 1.82. The standard InChI is InChI=1S/C15H23N5O/c1-10(2)8-11(3)20-14(6-7-16-20)18-15(21)13-9-17-19(5)12(13)4/h6-7,9-11H,8H2,1-5H3,(H,18,21). The molecule has 21 heavy (non-hydrogen) atoms. The van der Waals surface area contributed by atoms with Crippen molar-refractivity contribution in [2.24, 2.45) is 13.0 Å². The van der Waals surface area contributed by atoms with E-state index in [9.17, 15) is 4.79 Å². The SMILES string of the molecule is Cc1c(C(=O)Nc2ccnn2C(C)CC(C)C)cnn1C. The van der Waals surface area contributed by atoms with Crippen LogP contribution in [0.25, 0.3) is 0 Å². The van der Waals surface area contributed by atoms with E-state index in [0.717, 1.165) is 17.9 Å². The normalized spacial score (nSPS) is 12.7. The summed E-state index contributed by atoms with van der Waals surface area (Å²) < 4.78 is 3.55. The van der Waals surface area contributed by atoms with Gasteiger partial charge in [-0.15, -0.1) is 0 Å². The molecule has 0 radical (unpaired) electrons. The first-order chi connectivity index (χ1) is 9.90. The van der Waals surface area contributed by atoms with Gasteiger partial charge in [-0.2, -0.15) is 10.2 Å². The number of nitrogens with zero attached hydrogens (tertiary/aromatic N) is 4. The van der Waals surface area contributed by atoms with Gasteiger partial charge in [0.25, 0.3) is 5.91 Å². The minimum absolute atomic E-state index is 0.154. The molecule has 0 aliphatic rings. The van der Waals surface area contributed by atoms with Crippen molar-refractivity contribution in [3.05, 3.63) is 29.7 Å². The fourth-order valence-corrected chi connectivity index (χ4v) is 2.45. The monoisotopic (exact) mass is 289 g/mol. The summed E-state index contributed by atoms with van der Waals surface area (Å²) in [4.78, 5) is 12.3. The van der Waals surface area contributed by atoms with E-state index in [1.807, 2.05) is 24.7 Å². The van der Waals surface area contributed by atoms with Crippen LogP contribution < -0.4 is 5.32 Å². The Bertz CT molecular complexity index is 626. The number of carbonyl (C=O) groups excluding carboxylic acids is 1. The predicted molar refractivity (Wildman–Crippen MR) is 82.3 cm³/mol. The predicted octanol–water partition coefficient (Wildman–Crippen LogP) is 2.78. The zero-order valence-electron chi connectivity index (χ0n) is 13.3. The molecule has 114 valence electrons. The summed E-state index contributed by atoms with van der Waals surface area (Å²) in [5, 5.41) is 11.3. The molecule has 1 N–H and O–H groups in total. The molecule has 6 nitrogen and oxygen atoms in total. The van der Waals surface area contributed by atoms with Gasteiger partial charge in [0.1, 0.15) is 5.82 Å². The molecule has 1 amide bonds. The third-order valence-electron chi connectivity index (χ3n) is 3.62. The number of anilines is 1. The fourth-order valence-electron chi connectivity index (χ4n) is 2.45. The van der Waals surface area contributed by atoms with E-state index in [0.29, 0.717) is 11.5 Å². The maximum Gasteiger partial charge on any atom is 0.260 e. The Kier molecular flexibility index (Phi) is 4.45. The lowest BCUT2D eigenvalue weighted by molar-refractivity contribution is 0.102. The third-order valence-corrected chi connectivity index (χ3v) is 3.62. The maximum atomic E-state index is 12.3. The Morgan fingerprint density at radius 2 is 2.05 bits per heavy atom. The molecule has 2 aromatic heterocycles. The lowest BCUT2D eigenvalue weighted by Crippen LogP contribution is -2.18. The Morgan fingerprint density at radius 3 is 2.62 bits per heavy atom. The molecule has 0 aromatic carbocycles. The van der Waals surface area contributed by atoms with Gasteiger partial charge in [-0.25, -0.2) is 4.68 Å². The Balaban J connectivity index is 2.15. The van der Waals surface area contributed by atoms with Crippen molar-refractivity contribution < 1.29 is 4.79 Å². The zero-order chi connectivity index (χ0) is 15.6. The first-order valence-electron chi connectivity index (χ1n) is 7.23. The van der Waals surface area contributed by atoms with E-state index in [-0.39, 0.29) is 11.9 Å². The molecule has 1 atom stereocenters. The van der Waals surface area contributed by atoms with E-state index in [4.69, 9.17) is 0 Å². The molecular weight excluding hydrogens is 266 g/mol. The van der Waals surface area contributed by atoms with Gasteiger partial charge in [-0.1, -0.05) is 13.8 Å². The average molecular weight is 289 g/mol. The fraction of sp³-hybridized carbons (Fsp3) is 0.533. The number of rotatable bonds is 5. The van der Waals surface area contributed by atoms with Gasteiger partial charge in [0.2, 0.25) is 0 Å². The molecule has 6 heteroatoms. The molecule has 2 aromatic rings. The number of aromatic nitrogens is 4. The highest BCUT2D eigenvalue weighted by Gasteiger charge is 2.17. The summed E-state index contributed by atoms with van der Waals surface area (Å²) in [5.41, 5.74) is 1.43. The summed E-state index contributed by atoms with van der Waals surface area (Å²) >= 11 is 0. The quantitative estimate of drug-likeness (QED) is 0.920. The molecular formula is C15H23N5O. The van der Waals surface area contributed by atoms with E-state index in [1.165, 1.54) is 0 Å².